The second kappa shape index (κ2) is 8.36. The summed E-state index contributed by atoms with van der Waals surface area (Å²) in [6.07, 6.45) is 0. The highest BCUT2D eigenvalue weighted by Gasteiger charge is 2.17. The number of benzene rings is 2. The van der Waals surface area contributed by atoms with Gasteiger partial charge in [-0.15, -0.1) is 0 Å². The van der Waals surface area contributed by atoms with Crippen LogP contribution in [-0.2, 0) is 13.1 Å². The minimum atomic E-state index is -0.391. The third-order valence-electron chi connectivity index (χ3n) is 4.38. The van der Waals surface area contributed by atoms with Gasteiger partial charge in [-0.1, -0.05) is 41.9 Å². The Morgan fingerprint density at radius 1 is 1.07 bits per heavy atom. The topological polar surface area (TPSA) is 82.5 Å². The Labute approximate surface area is 171 Å². The molecule has 148 valence electrons. The lowest BCUT2D eigenvalue weighted by molar-refractivity contribution is 0.0943. The molecule has 4 rings (SSSR count). The van der Waals surface area contributed by atoms with Crippen molar-refractivity contribution < 1.29 is 14.3 Å². The summed E-state index contributed by atoms with van der Waals surface area (Å²) in [5.41, 5.74) is 1.57. The molecule has 2 heterocycles. The fourth-order valence-electron chi connectivity index (χ4n) is 2.98. The van der Waals surface area contributed by atoms with Crippen LogP contribution >= 0.6 is 11.6 Å². The molecule has 2 aromatic carbocycles. The lowest BCUT2D eigenvalue weighted by Crippen LogP contribution is -2.29. The number of halogens is 1. The third kappa shape index (κ3) is 4.41. The smallest absolute Gasteiger partial charge is 0.271 e. The van der Waals surface area contributed by atoms with Crippen LogP contribution in [0.2, 0.25) is 5.02 Å². The van der Waals surface area contributed by atoms with Crippen LogP contribution in [0.5, 0.6) is 11.5 Å². The van der Waals surface area contributed by atoms with Gasteiger partial charge in [0.2, 0.25) is 0 Å². The standard InChI is InChI=1S/C21H18ClN3O4/c22-16-10-15(11-18-20(16)29-9-8-28-18)12-23-21(27)17-6-7-19(26)25(24-17)13-14-4-2-1-3-5-14/h1-7,10-11H,8-9,12-13H2,(H,23,27). The Hall–Kier alpha value is -3.32. The van der Waals surface area contributed by atoms with Crippen molar-refractivity contribution in [3.05, 3.63) is 86.8 Å². The summed E-state index contributed by atoms with van der Waals surface area (Å²) in [6.45, 7) is 1.42. The fraction of sp³-hybridized carbons (Fsp3) is 0.190. The van der Waals surface area contributed by atoms with Crippen LogP contribution in [0.3, 0.4) is 0 Å². The van der Waals surface area contributed by atoms with Crippen molar-refractivity contribution in [2.75, 3.05) is 13.2 Å². The van der Waals surface area contributed by atoms with E-state index in [-0.39, 0.29) is 17.8 Å². The van der Waals surface area contributed by atoms with Crippen LogP contribution in [0.15, 0.2) is 59.4 Å². The van der Waals surface area contributed by atoms with Gasteiger partial charge in [0.05, 0.1) is 11.6 Å². The molecule has 1 aliphatic heterocycles. The van der Waals surface area contributed by atoms with Crippen LogP contribution in [0.25, 0.3) is 0 Å². The summed E-state index contributed by atoms with van der Waals surface area (Å²) in [4.78, 5) is 24.6. The summed E-state index contributed by atoms with van der Waals surface area (Å²) in [6, 6.07) is 15.7. The number of rotatable bonds is 5. The van der Waals surface area contributed by atoms with E-state index in [9.17, 15) is 9.59 Å². The monoisotopic (exact) mass is 411 g/mol. The average Bonchev–Trinajstić information content (AvgIpc) is 2.74. The highest BCUT2D eigenvalue weighted by molar-refractivity contribution is 6.32. The maximum absolute atomic E-state index is 12.5. The average molecular weight is 412 g/mol. The molecular formula is C21H18ClN3O4. The molecule has 1 amide bonds. The predicted molar refractivity (Wildman–Crippen MR) is 108 cm³/mol. The molecule has 0 unspecified atom stereocenters. The molecule has 0 aliphatic carbocycles. The zero-order valence-corrected chi connectivity index (χ0v) is 16.2. The van der Waals surface area contributed by atoms with Gasteiger partial charge < -0.3 is 14.8 Å². The summed E-state index contributed by atoms with van der Waals surface area (Å²) in [5, 5.41) is 7.41. The molecule has 0 atom stereocenters. The van der Waals surface area contributed by atoms with Gasteiger partial charge in [-0.05, 0) is 29.3 Å². The molecule has 1 aliphatic rings. The van der Waals surface area contributed by atoms with Gasteiger partial charge in [-0.3, -0.25) is 9.59 Å². The summed E-state index contributed by atoms with van der Waals surface area (Å²) < 4.78 is 12.3. The number of nitrogens with zero attached hydrogens (tertiary/aromatic N) is 2. The number of hydrogen-bond donors (Lipinski definition) is 1. The molecule has 0 saturated carbocycles. The van der Waals surface area contributed by atoms with E-state index >= 15 is 0 Å². The molecule has 3 aromatic rings. The van der Waals surface area contributed by atoms with Crippen LogP contribution in [0, 0.1) is 0 Å². The van der Waals surface area contributed by atoms with Crippen LogP contribution in [-0.4, -0.2) is 28.9 Å². The molecular weight excluding hydrogens is 394 g/mol. The van der Waals surface area contributed by atoms with Crippen molar-refractivity contribution in [1.29, 1.82) is 0 Å². The van der Waals surface area contributed by atoms with Crippen LogP contribution < -0.4 is 20.3 Å². The van der Waals surface area contributed by atoms with Gasteiger partial charge in [0.1, 0.15) is 18.9 Å². The lowest BCUT2D eigenvalue weighted by Gasteiger charge is -2.20. The molecule has 29 heavy (non-hydrogen) atoms. The molecule has 0 bridgehead atoms. The molecule has 8 heteroatoms. The van der Waals surface area contributed by atoms with Crippen LogP contribution in [0.4, 0.5) is 0 Å². The fourth-order valence-corrected chi connectivity index (χ4v) is 3.27. The number of carbonyl (C=O) groups is 1. The summed E-state index contributed by atoms with van der Waals surface area (Å²) in [7, 11) is 0. The Bertz CT molecular complexity index is 1100. The van der Waals surface area contributed by atoms with Crippen molar-refractivity contribution in [1.82, 2.24) is 15.1 Å². The number of amides is 1. The Morgan fingerprint density at radius 2 is 1.86 bits per heavy atom. The zero-order valence-electron chi connectivity index (χ0n) is 15.4. The first kappa shape index (κ1) is 19.0. The van der Waals surface area contributed by atoms with Gasteiger partial charge in [0.15, 0.2) is 11.5 Å². The second-order valence-electron chi connectivity index (χ2n) is 6.48. The molecule has 0 fully saturated rings. The molecule has 1 aromatic heterocycles. The van der Waals surface area contributed by atoms with Gasteiger partial charge in [-0.25, -0.2) is 4.68 Å². The van der Waals surface area contributed by atoms with Gasteiger partial charge in [0, 0.05) is 12.6 Å². The molecule has 0 spiro atoms. The zero-order chi connectivity index (χ0) is 20.2. The summed E-state index contributed by atoms with van der Waals surface area (Å²) >= 11 is 6.23. The minimum Gasteiger partial charge on any atom is -0.486 e. The quantitative estimate of drug-likeness (QED) is 0.698. The number of ether oxygens (including phenoxy) is 2. The SMILES string of the molecule is O=C(NCc1cc(Cl)c2c(c1)OCCO2)c1ccc(=O)n(Cc2ccccc2)n1. The molecule has 0 radical (unpaired) electrons. The Kier molecular flexibility index (Phi) is 5.48. The largest absolute Gasteiger partial charge is 0.486 e. The number of hydrogen-bond acceptors (Lipinski definition) is 5. The van der Waals surface area contributed by atoms with Crippen molar-refractivity contribution >= 4 is 17.5 Å². The van der Waals surface area contributed by atoms with Crippen molar-refractivity contribution in [2.24, 2.45) is 0 Å². The lowest BCUT2D eigenvalue weighted by atomic mass is 10.2. The highest BCUT2D eigenvalue weighted by Crippen LogP contribution is 2.38. The molecule has 0 saturated heterocycles. The first-order valence-corrected chi connectivity index (χ1v) is 9.46. The van der Waals surface area contributed by atoms with E-state index < -0.39 is 5.91 Å². The molecule has 1 N–H and O–H groups in total. The van der Waals surface area contributed by atoms with E-state index in [1.54, 1.807) is 12.1 Å². The predicted octanol–water partition coefficient (Wildman–Crippen LogP) is 2.65. The first-order valence-electron chi connectivity index (χ1n) is 9.08. The highest BCUT2D eigenvalue weighted by atomic mass is 35.5. The first-order chi connectivity index (χ1) is 14.1. The normalized spacial score (nSPS) is 12.4. The van der Waals surface area contributed by atoms with E-state index in [4.69, 9.17) is 21.1 Å². The van der Waals surface area contributed by atoms with E-state index in [1.165, 1.54) is 16.8 Å². The van der Waals surface area contributed by atoms with Crippen molar-refractivity contribution in [3.63, 3.8) is 0 Å². The van der Waals surface area contributed by atoms with E-state index in [2.05, 4.69) is 10.4 Å². The Morgan fingerprint density at radius 3 is 2.69 bits per heavy atom. The minimum absolute atomic E-state index is 0.157. The molecule has 7 nitrogen and oxygen atoms in total. The number of nitrogens with one attached hydrogen (secondary N) is 1. The van der Waals surface area contributed by atoms with Gasteiger partial charge in [-0.2, -0.15) is 5.10 Å². The van der Waals surface area contributed by atoms with Gasteiger partial charge >= 0.3 is 0 Å². The van der Waals surface area contributed by atoms with Crippen LogP contribution in [0.1, 0.15) is 21.6 Å². The number of fused-ring (bicyclic) bond motifs is 1. The van der Waals surface area contributed by atoms with Gasteiger partial charge in [0.25, 0.3) is 11.5 Å². The Balaban J connectivity index is 1.47. The summed E-state index contributed by atoms with van der Waals surface area (Å²) in [5.74, 6) is 0.683. The van der Waals surface area contributed by atoms with Crippen molar-refractivity contribution in [2.45, 2.75) is 13.1 Å². The maximum atomic E-state index is 12.5. The number of aromatic nitrogens is 2. The number of carbonyl (C=O) groups excluding carboxylic acids is 1. The van der Waals surface area contributed by atoms with E-state index in [0.29, 0.717) is 36.3 Å². The maximum Gasteiger partial charge on any atom is 0.271 e. The third-order valence-corrected chi connectivity index (χ3v) is 4.66. The van der Waals surface area contributed by atoms with E-state index in [1.807, 2.05) is 30.3 Å². The van der Waals surface area contributed by atoms with E-state index in [0.717, 1.165) is 11.1 Å². The second-order valence-corrected chi connectivity index (χ2v) is 6.89. The van der Waals surface area contributed by atoms with Crippen molar-refractivity contribution in [3.8, 4) is 11.5 Å².